The highest BCUT2D eigenvalue weighted by Crippen LogP contribution is 2.64. The molecule has 2 aliphatic rings. The summed E-state index contributed by atoms with van der Waals surface area (Å²) >= 11 is 0. The Morgan fingerprint density at radius 3 is 1.30 bits per heavy atom. The molecule has 366 valence electrons. The van der Waals surface area contributed by atoms with Crippen molar-refractivity contribution >= 4 is 78.0 Å². The van der Waals surface area contributed by atoms with Crippen LogP contribution in [0.3, 0.4) is 0 Å². The molecule has 0 bridgehead atoms. The van der Waals surface area contributed by atoms with Crippen molar-refractivity contribution in [2.24, 2.45) is 0 Å². The Bertz CT molecular complexity index is 4110. The summed E-state index contributed by atoms with van der Waals surface area (Å²) < 4.78 is 14.4. The van der Waals surface area contributed by atoms with Gasteiger partial charge in [0.1, 0.15) is 16.7 Å². The van der Waals surface area contributed by atoms with Crippen LogP contribution in [0.15, 0.2) is 179 Å². The number of rotatable bonds is 6. The lowest BCUT2D eigenvalue weighted by atomic mass is 9.72. The van der Waals surface area contributed by atoms with Gasteiger partial charge in [-0.25, -0.2) is 0 Å². The second kappa shape index (κ2) is 15.8. The summed E-state index contributed by atoms with van der Waals surface area (Å²) in [5.41, 5.74) is 24.7. The lowest BCUT2D eigenvalue weighted by Gasteiger charge is -2.32. The topological polar surface area (TPSA) is 32.8 Å². The Kier molecular flexibility index (Phi) is 9.85. The van der Waals surface area contributed by atoms with Crippen LogP contribution < -0.4 is 9.80 Å². The van der Waals surface area contributed by atoms with Gasteiger partial charge in [-0.2, -0.15) is 0 Å². The lowest BCUT2D eigenvalue weighted by molar-refractivity contribution is 0.590. The van der Waals surface area contributed by atoms with Crippen molar-refractivity contribution in [2.45, 2.75) is 105 Å². The van der Waals surface area contributed by atoms with E-state index in [0.29, 0.717) is 0 Å². The van der Waals surface area contributed by atoms with Crippen LogP contribution in [-0.4, -0.2) is 0 Å². The number of para-hydroxylation sites is 4. The van der Waals surface area contributed by atoms with Gasteiger partial charge >= 0.3 is 0 Å². The minimum Gasteiger partial charge on any atom is -0.455 e. The van der Waals surface area contributed by atoms with E-state index in [2.05, 4.69) is 263 Å². The Morgan fingerprint density at radius 1 is 0.392 bits per heavy atom. The monoisotopic (exact) mass is 964 g/mol. The maximum absolute atomic E-state index is 7.25. The second-order valence-electron chi connectivity index (χ2n) is 24.2. The van der Waals surface area contributed by atoms with Gasteiger partial charge in [0, 0.05) is 55.3 Å². The lowest BCUT2D eigenvalue weighted by Crippen LogP contribution is -2.24. The molecule has 74 heavy (non-hydrogen) atoms. The van der Waals surface area contributed by atoms with Crippen molar-refractivity contribution in [3.8, 4) is 22.3 Å². The minimum atomic E-state index is -0.423. The maximum atomic E-state index is 7.25. The third-order valence-corrected chi connectivity index (χ3v) is 16.8. The van der Waals surface area contributed by atoms with Gasteiger partial charge in [-0.05, 0) is 147 Å². The van der Waals surface area contributed by atoms with Gasteiger partial charge in [-0.15, -0.1) is 0 Å². The van der Waals surface area contributed by atoms with Gasteiger partial charge in [0.25, 0.3) is 0 Å². The molecule has 13 rings (SSSR count). The molecule has 9 aromatic carbocycles. The van der Waals surface area contributed by atoms with E-state index in [4.69, 9.17) is 8.83 Å². The van der Waals surface area contributed by atoms with E-state index in [1.54, 1.807) is 0 Å². The summed E-state index contributed by atoms with van der Waals surface area (Å²) in [7, 11) is 0. The molecule has 2 aliphatic carbocycles. The average molecular weight is 965 g/mol. The summed E-state index contributed by atoms with van der Waals surface area (Å²) in [4.78, 5) is 4.92. The third kappa shape index (κ3) is 6.59. The molecule has 0 radical (unpaired) electrons. The molecular weight excluding hydrogens is 901 g/mol. The standard InChI is InChI=1S/C70H64N2O2/c1-41-21-13-17-25-53(41)71(45-33-29-43(30-34-45)67(3,4)5)55-39-52-60(66-61(55)47-23-15-19-27-57(47)74-66)50-38-37-49-59-51(69(9,10)63(49)64(50)70(52,11)12)40-56(65-62(59)48-24-16-20-28-58(48)73-65)72(54-26-18-14-22-42(54)2)46-35-31-44(32-36-46)68(6,7)8/h13-40H,1-12H3. The van der Waals surface area contributed by atoms with Crippen molar-refractivity contribution in [3.63, 3.8) is 0 Å². The van der Waals surface area contributed by atoms with Crippen LogP contribution in [0.25, 0.3) is 66.1 Å². The fraction of sp³-hybridized carbons (Fsp3) is 0.229. The van der Waals surface area contributed by atoms with Crippen molar-refractivity contribution < 1.29 is 8.83 Å². The number of furan rings is 2. The van der Waals surface area contributed by atoms with Crippen LogP contribution in [0, 0.1) is 13.8 Å². The maximum Gasteiger partial charge on any atom is 0.160 e. The smallest absolute Gasteiger partial charge is 0.160 e. The molecule has 11 aromatic rings. The predicted octanol–water partition coefficient (Wildman–Crippen LogP) is 20.2. The van der Waals surface area contributed by atoms with E-state index in [9.17, 15) is 0 Å². The van der Waals surface area contributed by atoms with E-state index >= 15 is 0 Å². The number of fused-ring (bicyclic) bond motifs is 15. The summed E-state index contributed by atoms with van der Waals surface area (Å²) in [5.74, 6) is 0. The van der Waals surface area contributed by atoms with Crippen LogP contribution in [-0.2, 0) is 21.7 Å². The zero-order valence-electron chi connectivity index (χ0n) is 44.9. The summed E-state index contributed by atoms with van der Waals surface area (Å²) in [6.07, 6.45) is 0. The molecule has 0 saturated carbocycles. The molecule has 4 nitrogen and oxygen atoms in total. The third-order valence-electron chi connectivity index (χ3n) is 16.8. The number of hydrogen-bond acceptors (Lipinski definition) is 4. The number of hydrogen-bond donors (Lipinski definition) is 0. The van der Waals surface area contributed by atoms with E-state index in [1.807, 2.05) is 0 Å². The molecule has 0 unspecified atom stereocenters. The van der Waals surface area contributed by atoms with Crippen LogP contribution in [0.1, 0.15) is 114 Å². The number of aryl methyl sites for hydroxylation is 2. The summed E-state index contributed by atoms with van der Waals surface area (Å²) in [6, 6.07) is 62.9. The summed E-state index contributed by atoms with van der Waals surface area (Å²) in [5, 5.41) is 4.52. The van der Waals surface area contributed by atoms with Crippen LogP contribution in [0.5, 0.6) is 0 Å². The Morgan fingerprint density at radius 2 is 0.797 bits per heavy atom. The predicted molar refractivity (Wildman–Crippen MR) is 312 cm³/mol. The van der Waals surface area contributed by atoms with E-state index in [-0.39, 0.29) is 10.8 Å². The number of nitrogens with zero attached hydrogens (tertiary/aromatic N) is 2. The highest BCUT2D eigenvalue weighted by molar-refractivity contribution is 6.22. The minimum absolute atomic E-state index is 0.0194. The first-order valence-electron chi connectivity index (χ1n) is 26.4. The van der Waals surface area contributed by atoms with Crippen molar-refractivity contribution in [2.75, 3.05) is 9.80 Å². The molecule has 0 amide bonds. The first-order chi connectivity index (χ1) is 35.3. The van der Waals surface area contributed by atoms with Gasteiger partial charge in [0.2, 0.25) is 0 Å². The van der Waals surface area contributed by atoms with E-state index < -0.39 is 10.8 Å². The van der Waals surface area contributed by atoms with E-state index in [0.717, 1.165) is 78.0 Å². The molecule has 0 spiro atoms. The quantitative estimate of drug-likeness (QED) is 0.166. The second-order valence-corrected chi connectivity index (χ2v) is 24.2. The van der Waals surface area contributed by atoms with Gasteiger partial charge < -0.3 is 18.6 Å². The van der Waals surface area contributed by atoms with Gasteiger partial charge in [0.05, 0.1) is 16.8 Å². The SMILES string of the molecule is Cc1ccccc1N(c1ccc(C(C)(C)C)cc1)c1cc2c(c3c1oc1ccccc13)-c1ccc3c(c1C2(C)C)C(C)(C)c1cc(N(c2ccc(C(C)(C)C)cc2)c2ccccc2C)c2c(oc4ccccc42)c1-3. The van der Waals surface area contributed by atoms with E-state index in [1.165, 1.54) is 66.8 Å². The molecule has 0 saturated heterocycles. The van der Waals surface area contributed by atoms with Gasteiger partial charge in [-0.1, -0.05) is 178 Å². The van der Waals surface area contributed by atoms with Gasteiger partial charge in [0.15, 0.2) is 5.58 Å². The normalized spacial score (nSPS) is 14.4. The average Bonchev–Trinajstić information content (AvgIpc) is 4.13. The highest BCUT2D eigenvalue weighted by Gasteiger charge is 2.49. The van der Waals surface area contributed by atoms with Crippen molar-refractivity contribution in [1.29, 1.82) is 0 Å². The molecule has 0 aliphatic heterocycles. The molecule has 0 fully saturated rings. The zero-order valence-corrected chi connectivity index (χ0v) is 44.9. The number of anilines is 6. The molecular formula is C70H64N2O2. The van der Waals surface area contributed by atoms with Crippen LogP contribution in [0.2, 0.25) is 0 Å². The first kappa shape index (κ1) is 46.0. The molecule has 2 aromatic heterocycles. The molecule has 0 atom stereocenters. The van der Waals surface area contributed by atoms with Gasteiger partial charge in [-0.3, -0.25) is 0 Å². The zero-order chi connectivity index (χ0) is 51.4. The Hall–Kier alpha value is -7.82. The van der Waals surface area contributed by atoms with Crippen LogP contribution in [0.4, 0.5) is 34.1 Å². The fourth-order valence-electron chi connectivity index (χ4n) is 12.9. The summed E-state index contributed by atoms with van der Waals surface area (Å²) in [6.45, 7) is 27.9. The molecule has 2 heterocycles. The van der Waals surface area contributed by atoms with Crippen molar-refractivity contribution in [3.05, 3.63) is 214 Å². The molecule has 0 N–H and O–H groups in total. The first-order valence-corrected chi connectivity index (χ1v) is 26.4. The number of benzene rings is 9. The highest BCUT2D eigenvalue weighted by atomic mass is 16.3. The Balaban J connectivity index is 1.08. The fourth-order valence-corrected chi connectivity index (χ4v) is 12.9. The van der Waals surface area contributed by atoms with Crippen LogP contribution >= 0.6 is 0 Å². The molecule has 4 heteroatoms. The van der Waals surface area contributed by atoms with Crippen molar-refractivity contribution in [1.82, 2.24) is 0 Å². The largest absolute Gasteiger partial charge is 0.455 e. The Labute approximate surface area is 435 Å².